The Hall–Kier alpha value is -2.42. The summed E-state index contributed by atoms with van der Waals surface area (Å²) in [7, 11) is 0. The minimum Gasteiger partial charge on any atom is -0.351 e. The van der Waals surface area contributed by atoms with Crippen LogP contribution in [0.15, 0.2) is 6.07 Å². The molecular weight excluding hydrogens is 420 g/mol. The first-order valence-corrected chi connectivity index (χ1v) is 12.6. The summed E-state index contributed by atoms with van der Waals surface area (Å²) in [5.74, 6) is -0.655. The van der Waals surface area contributed by atoms with Crippen LogP contribution in [0.25, 0.3) is 0 Å². The van der Waals surface area contributed by atoms with Crippen molar-refractivity contribution in [3.63, 3.8) is 0 Å². The van der Waals surface area contributed by atoms with Gasteiger partial charge in [-0.05, 0) is 52.1 Å². The molecule has 9 heteroatoms. The summed E-state index contributed by atoms with van der Waals surface area (Å²) < 4.78 is 1.54. The van der Waals surface area contributed by atoms with Crippen molar-refractivity contribution in [1.29, 1.82) is 0 Å². The van der Waals surface area contributed by atoms with Gasteiger partial charge >= 0.3 is 0 Å². The molecule has 4 rings (SSSR count). The summed E-state index contributed by atoms with van der Waals surface area (Å²) in [6.07, 6.45) is 8.67. The summed E-state index contributed by atoms with van der Waals surface area (Å²) >= 11 is 0. The first-order chi connectivity index (χ1) is 15.9. The number of aromatic nitrogens is 2. The SMILES string of the molecule is CCCN1C(=O)c2cc(C(=O)NCCN3CCCCC3)nn2C[C@@]1(C)C(=O)NC1CCCC1. The van der Waals surface area contributed by atoms with Crippen molar-refractivity contribution in [3.05, 3.63) is 17.5 Å². The van der Waals surface area contributed by atoms with E-state index in [9.17, 15) is 14.4 Å². The molecule has 0 radical (unpaired) electrons. The smallest absolute Gasteiger partial charge is 0.273 e. The highest BCUT2D eigenvalue weighted by Gasteiger charge is 2.48. The molecule has 0 spiro atoms. The van der Waals surface area contributed by atoms with Crippen LogP contribution in [0.2, 0.25) is 0 Å². The summed E-state index contributed by atoms with van der Waals surface area (Å²) in [5.41, 5.74) is -0.429. The summed E-state index contributed by atoms with van der Waals surface area (Å²) in [6.45, 7) is 8.07. The molecule has 2 N–H and O–H groups in total. The topological polar surface area (TPSA) is 99.6 Å². The molecule has 2 fully saturated rings. The first-order valence-electron chi connectivity index (χ1n) is 12.6. The highest BCUT2D eigenvalue weighted by atomic mass is 16.2. The van der Waals surface area contributed by atoms with Crippen molar-refractivity contribution in [3.8, 4) is 0 Å². The highest BCUT2D eigenvalue weighted by molar-refractivity contribution is 6.01. The van der Waals surface area contributed by atoms with E-state index in [2.05, 4.69) is 20.6 Å². The van der Waals surface area contributed by atoms with E-state index in [0.29, 0.717) is 18.8 Å². The predicted molar refractivity (Wildman–Crippen MR) is 125 cm³/mol. The molecule has 182 valence electrons. The molecule has 1 atom stereocenters. The van der Waals surface area contributed by atoms with Gasteiger partial charge < -0.3 is 20.4 Å². The number of nitrogens with zero attached hydrogens (tertiary/aromatic N) is 4. The summed E-state index contributed by atoms with van der Waals surface area (Å²) in [6, 6.07) is 1.74. The van der Waals surface area contributed by atoms with Crippen LogP contribution in [0.4, 0.5) is 0 Å². The van der Waals surface area contributed by atoms with Gasteiger partial charge in [-0.2, -0.15) is 5.10 Å². The molecule has 3 amide bonds. The summed E-state index contributed by atoms with van der Waals surface area (Å²) in [5, 5.41) is 10.5. The Kier molecular flexibility index (Phi) is 7.36. The van der Waals surface area contributed by atoms with Crippen LogP contribution in [0, 0.1) is 0 Å². The second-order valence-electron chi connectivity index (χ2n) is 9.92. The maximum atomic E-state index is 13.4. The van der Waals surface area contributed by atoms with Crippen molar-refractivity contribution in [2.24, 2.45) is 0 Å². The lowest BCUT2D eigenvalue weighted by Gasteiger charge is -2.43. The fourth-order valence-electron chi connectivity index (χ4n) is 5.34. The fourth-order valence-corrected chi connectivity index (χ4v) is 5.34. The third-order valence-electron chi connectivity index (χ3n) is 7.32. The lowest BCUT2D eigenvalue weighted by molar-refractivity contribution is -0.133. The number of rotatable bonds is 8. The third-order valence-corrected chi connectivity index (χ3v) is 7.32. The van der Waals surface area contributed by atoms with Gasteiger partial charge in [-0.15, -0.1) is 0 Å². The minimum atomic E-state index is -1.03. The number of likely N-dealkylation sites (tertiary alicyclic amines) is 1. The Labute approximate surface area is 196 Å². The molecule has 0 unspecified atom stereocenters. The largest absolute Gasteiger partial charge is 0.351 e. The molecule has 1 aromatic heterocycles. The van der Waals surface area contributed by atoms with Gasteiger partial charge in [0.05, 0.1) is 6.54 Å². The van der Waals surface area contributed by atoms with Crippen LogP contribution in [0.5, 0.6) is 0 Å². The molecule has 0 aromatic carbocycles. The standard InChI is InChI=1S/C24H38N6O3/c1-3-12-29-22(32)20-16-19(21(31)25-11-15-28-13-7-4-8-14-28)27-30(20)17-24(29,2)23(33)26-18-9-5-6-10-18/h16,18H,3-15,17H2,1-2H3,(H,25,31)(H,26,33)/t24-/m0/s1. The number of fused-ring (bicyclic) bond motifs is 1. The fraction of sp³-hybridized carbons (Fsp3) is 0.750. The van der Waals surface area contributed by atoms with Crippen LogP contribution in [0.3, 0.4) is 0 Å². The van der Waals surface area contributed by atoms with Gasteiger partial charge in [-0.25, -0.2) is 0 Å². The van der Waals surface area contributed by atoms with Crippen molar-refractivity contribution in [2.45, 2.75) is 83.3 Å². The average molecular weight is 459 g/mol. The maximum absolute atomic E-state index is 13.4. The molecule has 3 aliphatic rings. The van der Waals surface area contributed by atoms with E-state index < -0.39 is 5.54 Å². The second kappa shape index (κ2) is 10.2. The summed E-state index contributed by atoms with van der Waals surface area (Å²) in [4.78, 5) is 43.4. The van der Waals surface area contributed by atoms with Crippen molar-refractivity contribution < 1.29 is 14.4 Å². The van der Waals surface area contributed by atoms with Crippen LogP contribution >= 0.6 is 0 Å². The number of amides is 3. The van der Waals surface area contributed by atoms with E-state index in [1.54, 1.807) is 15.6 Å². The van der Waals surface area contributed by atoms with Crippen molar-refractivity contribution in [1.82, 2.24) is 30.2 Å². The number of piperidine rings is 1. The molecule has 1 saturated heterocycles. The van der Waals surface area contributed by atoms with Crippen molar-refractivity contribution >= 4 is 17.7 Å². The van der Waals surface area contributed by atoms with Gasteiger partial charge in [-0.1, -0.05) is 26.2 Å². The molecule has 1 aliphatic carbocycles. The number of nitrogens with one attached hydrogen (secondary N) is 2. The Morgan fingerprint density at radius 3 is 2.55 bits per heavy atom. The Morgan fingerprint density at radius 2 is 1.85 bits per heavy atom. The van der Waals surface area contributed by atoms with Gasteiger partial charge in [0.1, 0.15) is 11.2 Å². The quantitative estimate of drug-likeness (QED) is 0.619. The minimum absolute atomic E-state index is 0.134. The second-order valence-corrected chi connectivity index (χ2v) is 9.92. The monoisotopic (exact) mass is 458 g/mol. The molecule has 1 saturated carbocycles. The molecule has 3 heterocycles. The molecule has 9 nitrogen and oxygen atoms in total. The zero-order valence-corrected chi connectivity index (χ0v) is 20.1. The van der Waals surface area contributed by atoms with E-state index in [1.165, 1.54) is 19.3 Å². The molecule has 2 aliphatic heterocycles. The number of hydrogen-bond acceptors (Lipinski definition) is 5. The van der Waals surface area contributed by atoms with Gasteiger partial charge in [0, 0.05) is 31.7 Å². The molecule has 33 heavy (non-hydrogen) atoms. The van der Waals surface area contributed by atoms with Gasteiger partial charge in [-0.3, -0.25) is 19.1 Å². The van der Waals surface area contributed by atoms with Crippen LogP contribution in [0.1, 0.15) is 86.2 Å². The Bertz CT molecular complexity index is 872. The molecule has 1 aromatic rings. The van der Waals surface area contributed by atoms with E-state index in [0.717, 1.165) is 51.7 Å². The number of carbonyl (C=O) groups is 3. The third kappa shape index (κ3) is 5.08. The zero-order chi connectivity index (χ0) is 23.4. The van der Waals surface area contributed by atoms with Crippen LogP contribution in [-0.4, -0.2) is 81.6 Å². The normalized spacial score (nSPS) is 24.1. The molecule has 0 bridgehead atoms. The van der Waals surface area contributed by atoms with Gasteiger partial charge in [0.25, 0.3) is 11.8 Å². The molecular formula is C24H38N6O3. The van der Waals surface area contributed by atoms with Crippen LogP contribution < -0.4 is 10.6 Å². The number of carbonyl (C=O) groups excluding carboxylic acids is 3. The van der Waals surface area contributed by atoms with Crippen molar-refractivity contribution in [2.75, 3.05) is 32.7 Å². The van der Waals surface area contributed by atoms with E-state index in [-0.39, 0.29) is 36.0 Å². The first kappa shape index (κ1) is 23.7. The average Bonchev–Trinajstić information content (AvgIpc) is 3.47. The number of hydrogen-bond donors (Lipinski definition) is 2. The van der Waals surface area contributed by atoms with Gasteiger partial charge in [0.15, 0.2) is 5.69 Å². The maximum Gasteiger partial charge on any atom is 0.273 e. The Balaban J connectivity index is 1.45. The van der Waals surface area contributed by atoms with E-state index in [1.807, 2.05) is 13.8 Å². The van der Waals surface area contributed by atoms with E-state index >= 15 is 0 Å². The predicted octanol–water partition coefficient (Wildman–Crippen LogP) is 1.78. The zero-order valence-electron chi connectivity index (χ0n) is 20.1. The Morgan fingerprint density at radius 1 is 1.12 bits per heavy atom. The lowest BCUT2D eigenvalue weighted by Crippen LogP contribution is -2.65. The van der Waals surface area contributed by atoms with E-state index in [4.69, 9.17) is 0 Å². The highest BCUT2D eigenvalue weighted by Crippen LogP contribution is 2.29. The van der Waals surface area contributed by atoms with Gasteiger partial charge in [0.2, 0.25) is 5.91 Å². The van der Waals surface area contributed by atoms with Crippen LogP contribution in [-0.2, 0) is 11.3 Å². The lowest BCUT2D eigenvalue weighted by atomic mass is 9.94.